The Labute approximate surface area is 128 Å². The zero-order chi connectivity index (χ0) is 15.4. The van der Waals surface area contributed by atoms with Gasteiger partial charge in [-0.25, -0.2) is 0 Å². The third-order valence-corrected chi connectivity index (χ3v) is 3.43. The molecule has 1 aromatic carbocycles. The van der Waals surface area contributed by atoms with Gasteiger partial charge in [0.15, 0.2) is 0 Å². The Kier molecular flexibility index (Phi) is 4.01. The first kappa shape index (κ1) is 14.1. The lowest BCUT2D eigenvalue weighted by atomic mass is 10.2. The summed E-state index contributed by atoms with van der Waals surface area (Å²) in [6.07, 6.45) is 7.06. The molecular formula is C17H16N4O. The summed E-state index contributed by atoms with van der Waals surface area (Å²) in [4.78, 5) is 11.9. The molecule has 0 atom stereocenters. The van der Waals surface area contributed by atoms with Crippen LogP contribution in [0.25, 0.3) is 6.08 Å². The largest absolute Gasteiger partial charge is 0.349 e. The van der Waals surface area contributed by atoms with E-state index in [4.69, 9.17) is 5.26 Å². The number of hydrogen-bond acceptors (Lipinski definition) is 3. The van der Waals surface area contributed by atoms with E-state index < -0.39 is 0 Å². The Bertz CT molecular complexity index is 736. The average Bonchev–Trinajstić information content (AvgIpc) is 3.24. The van der Waals surface area contributed by atoms with E-state index in [9.17, 15) is 4.79 Å². The molecule has 0 unspecified atom stereocenters. The number of rotatable bonds is 5. The van der Waals surface area contributed by atoms with Crippen LogP contribution in [0.15, 0.2) is 48.3 Å². The van der Waals surface area contributed by atoms with E-state index in [1.807, 2.05) is 42.6 Å². The lowest BCUT2D eigenvalue weighted by Crippen LogP contribution is -2.26. The molecule has 1 fully saturated rings. The van der Waals surface area contributed by atoms with Gasteiger partial charge in [-0.2, -0.15) is 10.4 Å². The van der Waals surface area contributed by atoms with E-state index in [-0.39, 0.29) is 17.5 Å². The Morgan fingerprint density at radius 3 is 2.86 bits per heavy atom. The molecule has 22 heavy (non-hydrogen) atoms. The van der Waals surface area contributed by atoms with Gasteiger partial charge in [0.1, 0.15) is 11.6 Å². The Balaban J connectivity index is 1.70. The normalized spacial score (nSPS) is 14.4. The molecule has 1 amide bonds. The molecule has 2 aromatic rings. The monoisotopic (exact) mass is 292 g/mol. The lowest BCUT2D eigenvalue weighted by molar-refractivity contribution is -0.117. The number of carbonyl (C=O) groups excluding carboxylic acids is 1. The molecule has 1 saturated carbocycles. The van der Waals surface area contributed by atoms with E-state index in [1.54, 1.807) is 17.0 Å². The summed E-state index contributed by atoms with van der Waals surface area (Å²) in [6, 6.07) is 12.2. The fourth-order valence-corrected chi connectivity index (χ4v) is 2.12. The van der Waals surface area contributed by atoms with Crippen molar-refractivity contribution in [2.24, 2.45) is 0 Å². The molecule has 110 valence electrons. The van der Waals surface area contributed by atoms with Gasteiger partial charge in [-0.1, -0.05) is 30.3 Å². The van der Waals surface area contributed by atoms with Gasteiger partial charge in [-0.15, -0.1) is 0 Å². The van der Waals surface area contributed by atoms with E-state index in [0.717, 1.165) is 24.0 Å². The van der Waals surface area contributed by atoms with Crippen molar-refractivity contribution in [2.45, 2.75) is 25.4 Å². The first-order valence-corrected chi connectivity index (χ1v) is 7.23. The summed E-state index contributed by atoms with van der Waals surface area (Å²) in [5.74, 6) is -0.305. The van der Waals surface area contributed by atoms with Crippen LogP contribution in [0.1, 0.15) is 24.0 Å². The Morgan fingerprint density at radius 2 is 2.18 bits per heavy atom. The van der Waals surface area contributed by atoms with E-state index >= 15 is 0 Å². The fraction of sp³-hybridized carbons (Fsp3) is 0.235. The van der Waals surface area contributed by atoms with Crippen molar-refractivity contribution in [3.05, 3.63) is 59.4 Å². The summed E-state index contributed by atoms with van der Waals surface area (Å²) in [6.45, 7) is 0.658. The highest BCUT2D eigenvalue weighted by atomic mass is 16.1. The molecular weight excluding hydrogens is 276 g/mol. The average molecular weight is 292 g/mol. The second-order valence-corrected chi connectivity index (χ2v) is 5.37. The van der Waals surface area contributed by atoms with E-state index in [1.165, 1.54) is 0 Å². The van der Waals surface area contributed by atoms with Crippen LogP contribution in [0.4, 0.5) is 0 Å². The summed E-state index contributed by atoms with van der Waals surface area (Å²) in [5.41, 5.74) is 2.01. The molecule has 0 spiro atoms. The molecule has 5 heteroatoms. The number of carbonyl (C=O) groups is 1. The van der Waals surface area contributed by atoms with Crippen molar-refractivity contribution in [3.63, 3.8) is 0 Å². The van der Waals surface area contributed by atoms with Crippen LogP contribution < -0.4 is 5.32 Å². The van der Waals surface area contributed by atoms with E-state index in [0.29, 0.717) is 6.54 Å². The smallest absolute Gasteiger partial charge is 0.262 e. The third-order valence-electron chi connectivity index (χ3n) is 3.43. The number of benzene rings is 1. The number of hydrogen-bond donors (Lipinski definition) is 1. The van der Waals surface area contributed by atoms with Gasteiger partial charge in [0.25, 0.3) is 5.91 Å². The molecule has 0 radical (unpaired) electrons. The number of aromatic nitrogens is 2. The summed E-state index contributed by atoms with van der Waals surface area (Å²) in [5, 5.41) is 16.2. The van der Waals surface area contributed by atoms with Crippen LogP contribution in [-0.2, 0) is 11.3 Å². The first-order valence-electron chi connectivity index (χ1n) is 7.23. The highest BCUT2D eigenvalue weighted by Gasteiger charge is 2.24. The molecule has 0 saturated heterocycles. The van der Waals surface area contributed by atoms with Crippen LogP contribution in [0, 0.1) is 11.3 Å². The molecule has 1 aliphatic carbocycles. The number of nitrogens with one attached hydrogen (secondary N) is 1. The SMILES string of the molecule is N#CC(=Cc1cnn(Cc2ccccc2)c1)C(=O)NC1CC1. The summed E-state index contributed by atoms with van der Waals surface area (Å²) >= 11 is 0. The third kappa shape index (κ3) is 3.61. The minimum Gasteiger partial charge on any atom is -0.349 e. The lowest BCUT2D eigenvalue weighted by Gasteiger charge is -2.01. The number of amides is 1. The van der Waals surface area contributed by atoms with Crippen LogP contribution in [0.3, 0.4) is 0 Å². The second-order valence-electron chi connectivity index (χ2n) is 5.37. The second kappa shape index (κ2) is 6.27. The molecule has 1 aliphatic rings. The Morgan fingerprint density at radius 1 is 1.41 bits per heavy atom. The minimum absolute atomic E-state index is 0.117. The molecule has 0 aliphatic heterocycles. The zero-order valence-electron chi connectivity index (χ0n) is 12.1. The van der Waals surface area contributed by atoms with Gasteiger partial charge in [0.05, 0.1) is 12.7 Å². The predicted molar refractivity (Wildman–Crippen MR) is 82.5 cm³/mol. The standard InChI is InChI=1S/C17H16N4O/c18-9-15(17(22)20-16-6-7-16)8-14-10-19-21(12-14)11-13-4-2-1-3-5-13/h1-5,8,10,12,16H,6-7,11H2,(H,20,22). The van der Waals surface area contributed by atoms with Gasteiger partial charge in [-0.05, 0) is 24.5 Å². The van der Waals surface area contributed by atoms with Gasteiger partial charge >= 0.3 is 0 Å². The van der Waals surface area contributed by atoms with Crippen LogP contribution in [0.5, 0.6) is 0 Å². The number of nitrogens with zero attached hydrogens (tertiary/aromatic N) is 3. The van der Waals surface area contributed by atoms with E-state index in [2.05, 4.69) is 10.4 Å². The highest BCUT2D eigenvalue weighted by molar-refractivity contribution is 6.01. The first-order chi connectivity index (χ1) is 10.7. The Hall–Kier alpha value is -2.87. The molecule has 1 heterocycles. The van der Waals surface area contributed by atoms with Gasteiger partial charge in [0, 0.05) is 17.8 Å². The van der Waals surface area contributed by atoms with Gasteiger partial charge < -0.3 is 5.32 Å². The van der Waals surface area contributed by atoms with Gasteiger partial charge in [0.2, 0.25) is 0 Å². The van der Waals surface area contributed by atoms with Crippen molar-refractivity contribution >= 4 is 12.0 Å². The molecule has 5 nitrogen and oxygen atoms in total. The highest BCUT2D eigenvalue weighted by Crippen LogP contribution is 2.19. The quantitative estimate of drug-likeness (QED) is 0.678. The van der Waals surface area contributed by atoms with Gasteiger partial charge in [-0.3, -0.25) is 9.48 Å². The fourth-order valence-electron chi connectivity index (χ4n) is 2.12. The van der Waals surface area contributed by atoms with Crippen molar-refractivity contribution in [2.75, 3.05) is 0 Å². The van der Waals surface area contributed by atoms with Crippen molar-refractivity contribution in [1.82, 2.24) is 15.1 Å². The summed E-state index contributed by atoms with van der Waals surface area (Å²) < 4.78 is 1.79. The zero-order valence-corrected chi connectivity index (χ0v) is 12.1. The predicted octanol–water partition coefficient (Wildman–Crippen LogP) is 2.12. The topological polar surface area (TPSA) is 70.7 Å². The van der Waals surface area contributed by atoms with Crippen molar-refractivity contribution in [1.29, 1.82) is 5.26 Å². The minimum atomic E-state index is -0.305. The van der Waals surface area contributed by atoms with Crippen molar-refractivity contribution < 1.29 is 4.79 Å². The maximum absolute atomic E-state index is 11.9. The maximum Gasteiger partial charge on any atom is 0.262 e. The molecule has 0 bridgehead atoms. The molecule has 1 N–H and O–H groups in total. The van der Waals surface area contributed by atoms with Crippen LogP contribution in [-0.4, -0.2) is 21.7 Å². The number of nitriles is 1. The molecule has 3 rings (SSSR count). The maximum atomic E-state index is 11.9. The molecule has 1 aromatic heterocycles. The van der Waals surface area contributed by atoms with Crippen LogP contribution in [0.2, 0.25) is 0 Å². The van der Waals surface area contributed by atoms with Crippen molar-refractivity contribution in [3.8, 4) is 6.07 Å². The summed E-state index contributed by atoms with van der Waals surface area (Å²) in [7, 11) is 0. The van der Waals surface area contributed by atoms with Crippen LogP contribution >= 0.6 is 0 Å².